The van der Waals surface area contributed by atoms with Crippen LogP contribution in [-0.2, 0) is 0 Å². The van der Waals surface area contributed by atoms with Crippen molar-refractivity contribution in [2.45, 2.75) is 36.7 Å². The molecule has 0 fully saturated rings. The number of aliphatic hydroxyl groups is 1. The number of hydrogen-bond acceptors (Lipinski definition) is 4. The molecule has 2 aromatic rings. The molecule has 0 saturated carbocycles. The average molecular weight is 303 g/mol. The third-order valence-corrected chi connectivity index (χ3v) is 4.45. The van der Waals surface area contributed by atoms with E-state index < -0.39 is 11.0 Å². The van der Waals surface area contributed by atoms with Gasteiger partial charge in [0.25, 0.3) is 5.69 Å². The van der Waals surface area contributed by atoms with Gasteiger partial charge in [0.15, 0.2) is 0 Å². The van der Waals surface area contributed by atoms with Gasteiger partial charge in [-0.15, -0.1) is 0 Å². The van der Waals surface area contributed by atoms with Gasteiger partial charge in [-0.3, -0.25) is 10.1 Å². The van der Waals surface area contributed by atoms with Crippen LogP contribution in [0.1, 0.15) is 29.7 Å². The molecule has 0 heterocycles. The van der Waals surface area contributed by atoms with E-state index in [0.717, 1.165) is 16.0 Å². The second-order valence-electron chi connectivity index (χ2n) is 5.03. The van der Waals surface area contributed by atoms with Crippen LogP contribution in [0.25, 0.3) is 0 Å². The Morgan fingerprint density at radius 2 is 1.86 bits per heavy atom. The molecule has 1 atom stereocenters. The largest absolute Gasteiger partial charge is 0.389 e. The van der Waals surface area contributed by atoms with Crippen LogP contribution in [0.15, 0.2) is 46.2 Å². The van der Waals surface area contributed by atoms with Crippen molar-refractivity contribution in [1.29, 1.82) is 0 Å². The summed E-state index contributed by atoms with van der Waals surface area (Å²) >= 11 is 1.38. The van der Waals surface area contributed by atoms with Crippen molar-refractivity contribution >= 4 is 17.4 Å². The lowest BCUT2D eigenvalue weighted by atomic mass is 10.1. The minimum atomic E-state index is -0.719. The monoisotopic (exact) mass is 303 g/mol. The predicted molar refractivity (Wildman–Crippen MR) is 83.8 cm³/mol. The van der Waals surface area contributed by atoms with Gasteiger partial charge in [0, 0.05) is 11.0 Å². The fraction of sp³-hybridized carbons (Fsp3) is 0.250. The Morgan fingerprint density at radius 1 is 1.14 bits per heavy atom. The quantitative estimate of drug-likeness (QED) is 0.671. The maximum atomic E-state index is 11.2. The lowest BCUT2D eigenvalue weighted by molar-refractivity contribution is -0.387. The van der Waals surface area contributed by atoms with Crippen molar-refractivity contribution in [1.82, 2.24) is 0 Å². The second-order valence-corrected chi connectivity index (χ2v) is 6.12. The number of hydrogen-bond donors (Lipinski definition) is 1. The number of rotatable bonds is 4. The summed E-state index contributed by atoms with van der Waals surface area (Å²) in [5.41, 5.74) is 2.78. The molecule has 0 aliphatic carbocycles. The molecule has 0 bridgehead atoms. The topological polar surface area (TPSA) is 63.4 Å². The molecule has 0 aliphatic rings. The number of aryl methyl sites for hydroxylation is 2. The van der Waals surface area contributed by atoms with Gasteiger partial charge < -0.3 is 5.11 Å². The van der Waals surface area contributed by atoms with Crippen molar-refractivity contribution in [3.8, 4) is 0 Å². The van der Waals surface area contributed by atoms with Crippen LogP contribution in [0, 0.1) is 24.0 Å². The first-order valence-electron chi connectivity index (χ1n) is 6.60. The van der Waals surface area contributed by atoms with Crippen molar-refractivity contribution in [3.63, 3.8) is 0 Å². The van der Waals surface area contributed by atoms with E-state index in [1.54, 1.807) is 19.1 Å². The molecule has 0 aliphatic heterocycles. The molecule has 0 aromatic heterocycles. The molecule has 1 N–H and O–H groups in total. The summed E-state index contributed by atoms with van der Waals surface area (Å²) in [7, 11) is 0. The van der Waals surface area contributed by atoms with Gasteiger partial charge in [-0.25, -0.2) is 0 Å². The van der Waals surface area contributed by atoms with E-state index >= 15 is 0 Å². The summed E-state index contributed by atoms with van der Waals surface area (Å²) in [5.74, 6) is 0. The zero-order chi connectivity index (χ0) is 15.6. The van der Waals surface area contributed by atoms with E-state index in [2.05, 4.69) is 0 Å². The fourth-order valence-electron chi connectivity index (χ4n) is 1.96. The maximum Gasteiger partial charge on any atom is 0.283 e. The van der Waals surface area contributed by atoms with Crippen LogP contribution < -0.4 is 0 Å². The van der Waals surface area contributed by atoms with E-state index in [9.17, 15) is 15.2 Å². The summed E-state index contributed by atoms with van der Waals surface area (Å²) in [4.78, 5) is 12.4. The molecule has 5 heteroatoms. The molecule has 21 heavy (non-hydrogen) atoms. The van der Waals surface area contributed by atoms with E-state index in [1.165, 1.54) is 17.8 Å². The Balaban J connectivity index is 2.44. The number of aliphatic hydroxyl groups excluding tert-OH is 1. The van der Waals surface area contributed by atoms with Crippen LogP contribution in [-0.4, -0.2) is 10.0 Å². The summed E-state index contributed by atoms with van der Waals surface area (Å²) in [6.45, 7) is 5.57. The molecular formula is C16H17NO3S. The van der Waals surface area contributed by atoms with Gasteiger partial charge in [-0.05, 0) is 49.6 Å². The first-order valence-corrected chi connectivity index (χ1v) is 7.41. The van der Waals surface area contributed by atoms with Crippen molar-refractivity contribution in [2.75, 3.05) is 0 Å². The number of nitro groups is 1. The van der Waals surface area contributed by atoms with Crippen LogP contribution in [0.5, 0.6) is 0 Å². The van der Waals surface area contributed by atoms with Crippen LogP contribution in [0.4, 0.5) is 5.69 Å². The molecule has 0 saturated heterocycles. The standard InChI is InChI=1S/C16H17NO3S/c1-10-4-5-11(2)16(8-10)21-15-7-6-13(12(3)18)9-14(15)17(19)20/h4-9,12,18H,1-3H3/t12-/m0/s1. The van der Waals surface area contributed by atoms with Crippen molar-refractivity contribution in [2.24, 2.45) is 0 Å². The van der Waals surface area contributed by atoms with E-state index in [0.29, 0.717) is 10.5 Å². The summed E-state index contributed by atoms with van der Waals surface area (Å²) in [6.07, 6.45) is -0.719. The highest BCUT2D eigenvalue weighted by Crippen LogP contribution is 2.37. The number of benzene rings is 2. The van der Waals surface area contributed by atoms with Crippen molar-refractivity contribution < 1.29 is 10.0 Å². The highest BCUT2D eigenvalue weighted by atomic mass is 32.2. The average Bonchev–Trinajstić information content (AvgIpc) is 2.42. The third kappa shape index (κ3) is 3.62. The SMILES string of the molecule is Cc1ccc(C)c(Sc2ccc([C@H](C)O)cc2[N+](=O)[O-])c1. The normalized spacial score (nSPS) is 12.2. The van der Waals surface area contributed by atoms with Crippen LogP contribution in [0.2, 0.25) is 0 Å². The molecule has 2 rings (SSSR count). The molecule has 0 amide bonds. The second kappa shape index (κ2) is 6.28. The molecule has 0 radical (unpaired) electrons. The first-order chi connectivity index (χ1) is 9.88. The number of nitrogens with zero attached hydrogens (tertiary/aromatic N) is 1. The van der Waals surface area contributed by atoms with Gasteiger partial charge in [0.1, 0.15) is 0 Å². The summed E-state index contributed by atoms with van der Waals surface area (Å²) in [5, 5.41) is 20.8. The highest BCUT2D eigenvalue weighted by molar-refractivity contribution is 7.99. The zero-order valence-electron chi connectivity index (χ0n) is 12.2. The molecule has 0 unspecified atom stereocenters. The maximum absolute atomic E-state index is 11.2. The lowest BCUT2D eigenvalue weighted by Crippen LogP contribution is -1.96. The van der Waals surface area contributed by atoms with E-state index in [1.807, 2.05) is 32.0 Å². The molecule has 0 spiro atoms. The minimum absolute atomic E-state index is 0.0271. The fourth-order valence-corrected chi connectivity index (χ4v) is 3.04. The molecule has 110 valence electrons. The first kappa shape index (κ1) is 15.5. The van der Waals surface area contributed by atoms with Gasteiger partial charge >= 0.3 is 0 Å². The zero-order valence-corrected chi connectivity index (χ0v) is 13.0. The van der Waals surface area contributed by atoms with Gasteiger partial charge in [-0.1, -0.05) is 30.0 Å². The Labute approximate surface area is 128 Å². The summed E-state index contributed by atoms with van der Waals surface area (Å²) in [6, 6.07) is 10.9. The predicted octanol–water partition coefficient (Wildman–Crippen LogP) is 4.42. The van der Waals surface area contributed by atoms with Gasteiger partial charge in [0.2, 0.25) is 0 Å². The lowest BCUT2D eigenvalue weighted by Gasteiger charge is -2.09. The van der Waals surface area contributed by atoms with E-state index in [4.69, 9.17) is 0 Å². The Morgan fingerprint density at radius 3 is 2.48 bits per heavy atom. The number of nitro benzene ring substituents is 1. The smallest absolute Gasteiger partial charge is 0.283 e. The van der Waals surface area contributed by atoms with Gasteiger partial charge in [-0.2, -0.15) is 0 Å². The van der Waals surface area contributed by atoms with Crippen molar-refractivity contribution in [3.05, 3.63) is 63.2 Å². The van der Waals surface area contributed by atoms with E-state index in [-0.39, 0.29) is 5.69 Å². The Kier molecular flexibility index (Phi) is 4.65. The summed E-state index contributed by atoms with van der Waals surface area (Å²) < 4.78 is 0. The molecular weight excluding hydrogens is 286 g/mol. The molecule has 4 nitrogen and oxygen atoms in total. The minimum Gasteiger partial charge on any atom is -0.389 e. The van der Waals surface area contributed by atoms with Crippen LogP contribution in [0.3, 0.4) is 0 Å². The highest BCUT2D eigenvalue weighted by Gasteiger charge is 2.18. The Hall–Kier alpha value is -1.85. The van der Waals surface area contributed by atoms with Crippen LogP contribution >= 0.6 is 11.8 Å². The molecule has 2 aromatic carbocycles. The van der Waals surface area contributed by atoms with Gasteiger partial charge in [0.05, 0.1) is 15.9 Å². The third-order valence-electron chi connectivity index (χ3n) is 3.23. The Bertz CT molecular complexity index is 683.